The van der Waals surface area contributed by atoms with E-state index in [-0.39, 0.29) is 12.5 Å². The maximum Gasteiger partial charge on any atom is 0.307 e. The third-order valence-electron chi connectivity index (χ3n) is 3.00. The van der Waals surface area contributed by atoms with Crippen LogP contribution in [0.15, 0.2) is 6.33 Å². The van der Waals surface area contributed by atoms with Crippen LogP contribution in [0.5, 0.6) is 0 Å². The second kappa shape index (κ2) is 5.13. The lowest BCUT2D eigenvalue weighted by molar-refractivity contribution is -0.142. The number of carbonyl (C=O) groups is 1. The van der Waals surface area contributed by atoms with Gasteiger partial charge in [0, 0.05) is 20.1 Å². The van der Waals surface area contributed by atoms with E-state index >= 15 is 0 Å². The fourth-order valence-electron chi connectivity index (χ4n) is 1.93. The van der Waals surface area contributed by atoms with Gasteiger partial charge in [-0.25, -0.2) is 9.40 Å². The summed E-state index contributed by atoms with van der Waals surface area (Å²) in [7, 11) is -2.24. The van der Waals surface area contributed by atoms with Gasteiger partial charge in [0.15, 0.2) is 0 Å². The lowest BCUT2D eigenvalue weighted by atomic mass is 10.0. The number of piperidine rings is 1. The Hall–Kier alpha value is -1.68. The molecular weight excluding hydrogens is 274 g/mol. The molecule has 1 aromatic rings. The minimum atomic E-state index is -3.80. The summed E-state index contributed by atoms with van der Waals surface area (Å²) in [5.74, 6) is -1.54. The van der Waals surface area contributed by atoms with Crippen molar-refractivity contribution in [2.75, 3.05) is 17.8 Å². The van der Waals surface area contributed by atoms with Crippen molar-refractivity contribution < 1.29 is 18.3 Å². The minimum Gasteiger partial charge on any atom is -0.481 e. The number of aromatic nitrogens is 3. The maximum absolute atomic E-state index is 12.1. The average molecular weight is 289 g/mol. The zero-order valence-corrected chi connectivity index (χ0v) is 11.2. The number of hydrogen-bond acceptors (Lipinski definition) is 5. The molecule has 1 fully saturated rings. The van der Waals surface area contributed by atoms with Crippen molar-refractivity contribution in [1.82, 2.24) is 19.1 Å². The van der Waals surface area contributed by atoms with E-state index in [1.165, 1.54) is 11.0 Å². The second-order valence-corrected chi connectivity index (χ2v) is 6.02. The number of carboxylic acid groups (broad SMARTS) is 1. The van der Waals surface area contributed by atoms with E-state index in [0.717, 1.165) is 4.31 Å². The molecule has 0 saturated carbocycles. The van der Waals surface area contributed by atoms with E-state index in [0.29, 0.717) is 19.4 Å². The summed E-state index contributed by atoms with van der Waals surface area (Å²) in [5.41, 5.74) is 0. The van der Waals surface area contributed by atoms with Crippen LogP contribution in [0.2, 0.25) is 0 Å². The molecule has 0 amide bonds. The Balaban J connectivity index is 2.11. The molecule has 2 heterocycles. The molecule has 0 aromatic carbocycles. The minimum absolute atomic E-state index is 0.0253. The second-order valence-electron chi connectivity index (χ2n) is 4.35. The fraction of sp³-hybridized carbons (Fsp3) is 0.667. The highest BCUT2D eigenvalue weighted by molar-refractivity contribution is 7.90. The molecule has 10 heteroatoms. The summed E-state index contributed by atoms with van der Waals surface area (Å²) in [4.78, 5) is 14.7. The molecule has 2 N–H and O–H groups in total. The molecule has 0 radical (unpaired) electrons. The van der Waals surface area contributed by atoms with Crippen molar-refractivity contribution >= 4 is 22.1 Å². The SMILES string of the molecule is Cn1ncnc1NS(=O)(=O)N1CCCC(C(=O)O)C1. The molecule has 106 valence electrons. The smallest absolute Gasteiger partial charge is 0.307 e. The standard InChI is InChI=1S/C9H15N5O4S/c1-13-9(10-6-11-13)12-19(17,18)14-4-2-3-7(5-14)8(15)16/h6-7H,2-5H2,1H3,(H,15,16)(H,10,11,12). The summed E-state index contributed by atoms with van der Waals surface area (Å²) in [6, 6.07) is 0. The Labute approximate surface area is 110 Å². The van der Waals surface area contributed by atoms with Gasteiger partial charge in [0.2, 0.25) is 5.95 Å². The van der Waals surface area contributed by atoms with Crippen LogP contribution in [0.1, 0.15) is 12.8 Å². The van der Waals surface area contributed by atoms with Gasteiger partial charge in [0.1, 0.15) is 6.33 Å². The number of aliphatic carboxylic acids is 1. The van der Waals surface area contributed by atoms with Gasteiger partial charge in [-0.05, 0) is 12.8 Å². The van der Waals surface area contributed by atoms with E-state index in [9.17, 15) is 13.2 Å². The Morgan fingerprint density at radius 1 is 1.58 bits per heavy atom. The maximum atomic E-state index is 12.1. The summed E-state index contributed by atoms with van der Waals surface area (Å²) >= 11 is 0. The lowest BCUT2D eigenvalue weighted by Crippen LogP contribution is -2.45. The van der Waals surface area contributed by atoms with Gasteiger partial charge in [-0.2, -0.15) is 22.8 Å². The van der Waals surface area contributed by atoms with Crippen molar-refractivity contribution in [3.63, 3.8) is 0 Å². The number of nitrogens with one attached hydrogen (secondary N) is 1. The van der Waals surface area contributed by atoms with E-state index in [1.54, 1.807) is 7.05 Å². The van der Waals surface area contributed by atoms with Crippen LogP contribution in [0, 0.1) is 5.92 Å². The van der Waals surface area contributed by atoms with E-state index in [2.05, 4.69) is 14.8 Å². The first-order valence-electron chi connectivity index (χ1n) is 5.75. The van der Waals surface area contributed by atoms with Crippen LogP contribution in [0.4, 0.5) is 5.95 Å². The highest BCUT2D eigenvalue weighted by Crippen LogP contribution is 2.20. The first-order chi connectivity index (χ1) is 8.90. The number of hydrogen-bond donors (Lipinski definition) is 2. The summed E-state index contributed by atoms with van der Waals surface area (Å²) in [6.07, 6.45) is 2.25. The molecule has 1 aliphatic heterocycles. The Bertz CT molecular complexity index is 569. The molecular formula is C9H15N5O4S. The van der Waals surface area contributed by atoms with Crippen molar-refractivity contribution in [2.45, 2.75) is 12.8 Å². The Morgan fingerprint density at radius 3 is 2.89 bits per heavy atom. The highest BCUT2D eigenvalue weighted by atomic mass is 32.2. The van der Waals surface area contributed by atoms with Crippen LogP contribution in [-0.2, 0) is 22.1 Å². The van der Waals surface area contributed by atoms with Crippen LogP contribution < -0.4 is 4.72 Å². The molecule has 9 nitrogen and oxygen atoms in total. The molecule has 1 aromatic heterocycles. The quantitative estimate of drug-likeness (QED) is 0.754. The van der Waals surface area contributed by atoms with E-state index in [1.807, 2.05) is 0 Å². The topological polar surface area (TPSA) is 117 Å². The monoisotopic (exact) mass is 289 g/mol. The predicted octanol–water partition coefficient (Wildman–Crippen LogP) is -0.732. The molecule has 1 aliphatic rings. The fourth-order valence-corrected chi connectivity index (χ4v) is 3.22. The van der Waals surface area contributed by atoms with Crippen molar-refractivity contribution in [1.29, 1.82) is 0 Å². The lowest BCUT2D eigenvalue weighted by Gasteiger charge is -2.29. The third-order valence-corrected chi connectivity index (χ3v) is 4.46. The van der Waals surface area contributed by atoms with E-state index < -0.39 is 22.1 Å². The molecule has 1 saturated heterocycles. The summed E-state index contributed by atoms with van der Waals surface area (Å²) in [6.45, 7) is 0.277. The molecule has 1 atom stereocenters. The van der Waals surface area contributed by atoms with Crippen molar-refractivity contribution in [3.05, 3.63) is 6.33 Å². The van der Waals surface area contributed by atoms with Crippen LogP contribution in [-0.4, -0.2) is 51.7 Å². The number of carboxylic acids is 1. The normalized spacial score (nSPS) is 21.2. The molecule has 19 heavy (non-hydrogen) atoms. The van der Waals surface area contributed by atoms with Gasteiger partial charge in [-0.1, -0.05) is 0 Å². The van der Waals surface area contributed by atoms with Gasteiger partial charge in [0.25, 0.3) is 0 Å². The largest absolute Gasteiger partial charge is 0.481 e. The molecule has 0 aliphatic carbocycles. The van der Waals surface area contributed by atoms with Crippen LogP contribution in [0.25, 0.3) is 0 Å². The third kappa shape index (κ3) is 3.01. The molecule has 0 bridgehead atoms. The van der Waals surface area contributed by atoms with Gasteiger partial charge in [0.05, 0.1) is 5.92 Å². The van der Waals surface area contributed by atoms with Crippen molar-refractivity contribution in [3.8, 4) is 0 Å². The van der Waals surface area contributed by atoms with Crippen LogP contribution >= 0.6 is 0 Å². The van der Waals surface area contributed by atoms with Gasteiger partial charge < -0.3 is 5.11 Å². The van der Waals surface area contributed by atoms with Gasteiger partial charge in [-0.15, -0.1) is 0 Å². The summed E-state index contributed by atoms with van der Waals surface area (Å²) in [5, 5.41) is 12.7. The molecule has 1 unspecified atom stereocenters. The summed E-state index contributed by atoms with van der Waals surface area (Å²) < 4.78 is 28.9. The zero-order chi connectivity index (χ0) is 14.0. The van der Waals surface area contributed by atoms with Crippen molar-refractivity contribution in [2.24, 2.45) is 13.0 Å². The number of aryl methyl sites for hydroxylation is 1. The van der Waals surface area contributed by atoms with E-state index in [4.69, 9.17) is 5.11 Å². The van der Waals surface area contributed by atoms with Crippen LogP contribution in [0.3, 0.4) is 0 Å². The number of rotatable bonds is 4. The Morgan fingerprint density at radius 2 is 2.32 bits per heavy atom. The highest BCUT2D eigenvalue weighted by Gasteiger charge is 2.32. The first-order valence-corrected chi connectivity index (χ1v) is 7.19. The zero-order valence-electron chi connectivity index (χ0n) is 10.4. The predicted molar refractivity (Wildman–Crippen MR) is 65.5 cm³/mol. The van der Waals surface area contributed by atoms with Gasteiger partial charge >= 0.3 is 16.2 Å². The number of nitrogens with zero attached hydrogens (tertiary/aromatic N) is 4. The molecule has 2 rings (SSSR count). The Kier molecular flexibility index (Phi) is 3.71. The first kappa shape index (κ1) is 13.7. The average Bonchev–Trinajstić information content (AvgIpc) is 2.74. The number of anilines is 1. The van der Waals surface area contributed by atoms with Gasteiger partial charge in [-0.3, -0.25) is 4.79 Å². The molecule has 0 spiro atoms.